The Kier molecular flexibility index (Phi) is 2.44. The van der Waals surface area contributed by atoms with Gasteiger partial charge in [-0.05, 0) is 25.0 Å². The average Bonchev–Trinajstić information content (AvgIpc) is 2.92. The Labute approximate surface area is 106 Å². The van der Waals surface area contributed by atoms with Crippen LogP contribution in [0.5, 0.6) is 0 Å². The minimum absolute atomic E-state index is 0.0468. The van der Waals surface area contributed by atoms with Crippen LogP contribution in [0.15, 0.2) is 30.5 Å². The molecule has 0 aliphatic carbocycles. The highest BCUT2D eigenvalue weighted by Crippen LogP contribution is 2.29. The van der Waals surface area contributed by atoms with Gasteiger partial charge < -0.3 is 4.90 Å². The van der Waals surface area contributed by atoms with Crippen molar-refractivity contribution in [2.75, 3.05) is 11.4 Å². The first-order chi connectivity index (χ1) is 8.66. The second kappa shape index (κ2) is 3.98. The third kappa shape index (κ3) is 1.61. The smallest absolute Gasteiger partial charge is 0.261 e. The summed E-state index contributed by atoms with van der Waals surface area (Å²) in [6, 6.07) is 8.08. The number of benzene rings is 1. The van der Waals surface area contributed by atoms with Crippen molar-refractivity contribution in [2.24, 2.45) is 7.05 Å². The summed E-state index contributed by atoms with van der Waals surface area (Å²) in [4.78, 5) is 14.4. The van der Waals surface area contributed by atoms with Gasteiger partial charge in [0.1, 0.15) is 0 Å². The van der Waals surface area contributed by atoms with Crippen molar-refractivity contribution in [2.45, 2.75) is 13.3 Å². The van der Waals surface area contributed by atoms with Gasteiger partial charge in [-0.1, -0.05) is 18.2 Å². The lowest BCUT2D eigenvalue weighted by molar-refractivity contribution is 0.0989. The van der Waals surface area contributed by atoms with Crippen LogP contribution in [-0.2, 0) is 13.5 Å². The third-order valence-corrected chi connectivity index (χ3v) is 3.38. The number of aromatic nitrogens is 2. The number of carbonyl (C=O) groups is 1. The van der Waals surface area contributed by atoms with E-state index < -0.39 is 0 Å². The van der Waals surface area contributed by atoms with Crippen molar-refractivity contribution in [1.82, 2.24) is 9.78 Å². The molecule has 0 unspecified atom stereocenters. The first-order valence-corrected chi connectivity index (χ1v) is 6.07. The van der Waals surface area contributed by atoms with E-state index >= 15 is 0 Å². The predicted octanol–water partition coefficient (Wildman–Crippen LogP) is 1.93. The topological polar surface area (TPSA) is 38.1 Å². The molecule has 1 aliphatic heterocycles. The van der Waals surface area contributed by atoms with Gasteiger partial charge in [-0.25, -0.2) is 0 Å². The summed E-state index contributed by atoms with van der Waals surface area (Å²) in [5.41, 5.74) is 3.75. The minimum Gasteiger partial charge on any atom is -0.308 e. The quantitative estimate of drug-likeness (QED) is 0.765. The van der Waals surface area contributed by atoms with Gasteiger partial charge in [0.25, 0.3) is 5.91 Å². The van der Waals surface area contributed by atoms with E-state index in [-0.39, 0.29) is 5.91 Å². The Balaban J connectivity index is 1.98. The SMILES string of the molecule is Cc1nn(C)cc1C(=O)N1CCc2ccccc21. The van der Waals surface area contributed by atoms with E-state index in [4.69, 9.17) is 0 Å². The number of rotatable bonds is 1. The molecule has 2 aromatic rings. The number of amides is 1. The molecule has 1 aromatic carbocycles. The molecule has 1 aliphatic rings. The number of hydrogen-bond acceptors (Lipinski definition) is 2. The summed E-state index contributed by atoms with van der Waals surface area (Å²) in [7, 11) is 1.84. The molecular weight excluding hydrogens is 226 g/mol. The normalized spacial score (nSPS) is 13.8. The largest absolute Gasteiger partial charge is 0.308 e. The van der Waals surface area contributed by atoms with Gasteiger partial charge in [-0.2, -0.15) is 5.10 Å². The van der Waals surface area contributed by atoms with E-state index in [2.05, 4.69) is 11.2 Å². The van der Waals surface area contributed by atoms with Gasteiger partial charge in [-0.15, -0.1) is 0 Å². The molecule has 0 fully saturated rings. The van der Waals surface area contributed by atoms with Gasteiger partial charge in [0.15, 0.2) is 0 Å². The summed E-state index contributed by atoms with van der Waals surface area (Å²) in [5, 5.41) is 4.23. The zero-order valence-corrected chi connectivity index (χ0v) is 10.6. The first kappa shape index (κ1) is 11.0. The second-order valence-corrected chi connectivity index (χ2v) is 4.64. The van der Waals surface area contributed by atoms with Crippen LogP contribution in [0, 0.1) is 6.92 Å². The van der Waals surface area contributed by atoms with Crippen LogP contribution in [0.2, 0.25) is 0 Å². The highest BCUT2D eigenvalue weighted by molar-refractivity contribution is 6.07. The van der Waals surface area contributed by atoms with Crippen molar-refractivity contribution in [3.63, 3.8) is 0 Å². The molecule has 2 heterocycles. The number of hydrogen-bond donors (Lipinski definition) is 0. The standard InChI is InChI=1S/C14H15N3O/c1-10-12(9-16(2)15-10)14(18)17-8-7-11-5-3-4-6-13(11)17/h3-6,9H,7-8H2,1-2H3. The van der Waals surface area contributed by atoms with E-state index in [1.807, 2.05) is 37.1 Å². The van der Waals surface area contributed by atoms with E-state index in [1.165, 1.54) is 5.56 Å². The first-order valence-electron chi connectivity index (χ1n) is 6.07. The minimum atomic E-state index is 0.0468. The van der Waals surface area contributed by atoms with Crippen molar-refractivity contribution >= 4 is 11.6 Å². The van der Waals surface area contributed by atoms with Gasteiger partial charge in [0.2, 0.25) is 0 Å². The van der Waals surface area contributed by atoms with Crippen LogP contribution >= 0.6 is 0 Å². The Morgan fingerprint density at radius 2 is 2.11 bits per heavy atom. The van der Waals surface area contributed by atoms with Crippen molar-refractivity contribution in [1.29, 1.82) is 0 Å². The highest BCUT2D eigenvalue weighted by Gasteiger charge is 2.26. The van der Waals surface area contributed by atoms with Crippen LogP contribution in [0.1, 0.15) is 21.6 Å². The fourth-order valence-electron chi connectivity index (χ4n) is 2.50. The zero-order valence-electron chi connectivity index (χ0n) is 10.6. The van der Waals surface area contributed by atoms with Crippen molar-refractivity contribution < 1.29 is 4.79 Å². The number of para-hydroxylation sites is 1. The number of carbonyl (C=O) groups excluding carboxylic acids is 1. The molecular formula is C14H15N3O. The molecule has 0 N–H and O–H groups in total. The molecule has 4 heteroatoms. The van der Waals surface area contributed by atoms with E-state index in [9.17, 15) is 4.79 Å². The summed E-state index contributed by atoms with van der Waals surface area (Å²) in [5.74, 6) is 0.0468. The zero-order chi connectivity index (χ0) is 12.7. The molecule has 3 rings (SSSR count). The molecule has 0 saturated carbocycles. The summed E-state index contributed by atoms with van der Waals surface area (Å²) < 4.78 is 1.69. The molecule has 0 saturated heterocycles. The fraction of sp³-hybridized carbons (Fsp3) is 0.286. The lowest BCUT2D eigenvalue weighted by atomic mass is 10.2. The molecule has 0 atom stereocenters. The summed E-state index contributed by atoms with van der Waals surface area (Å²) in [6.45, 7) is 2.63. The number of fused-ring (bicyclic) bond motifs is 1. The predicted molar refractivity (Wildman–Crippen MR) is 69.8 cm³/mol. The maximum absolute atomic E-state index is 12.5. The van der Waals surface area contributed by atoms with Gasteiger partial charge in [-0.3, -0.25) is 9.48 Å². The molecule has 1 aromatic heterocycles. The molecule has 0 bridgehead atoms. The van der Waals surface area contributed by atoms with Crippen LogP contribution < -0.4 is 4.90 Å². The lowest BCUT2D eigenvalue weighted by Gasteiger charge is -2.16. The number of aryl methyl sites for hydroxylation is 2. The highest BCUT2D eigenvalue weighted by atomic mass is 16.2. The van der Waals surface area contributed by atoms with Gasteiger partial charge in [0, 0.05) is 25.5 Å². The third-order valence-electron chi connectivity index (χ3n) is 3.38. The molecule has 0 radical (unpaired) electrons. The fourth-order valence-corrected chi connectivity index (χ4v) is 2.50. The average molecular weight is 241 g/mol. The second-order valence-electron chi connectivity index (χ2n) is 4.64. The van der Waals surface area contributed by atoms with Crippen LogP contribution in [-0.4, -0.2) is 22.2 Å². The van der Waals surface area contributed by atoms with Crippen molar-refractivity contribution in [3.8, 4) is 0 Å². The maximum atomic E-state index is 12.5. The Bertz CT molecular complexity index is 615. The van der Waals surface area contributed by atoms with Gasteiger partial charge in [0.05, 0.1) is 11.3 Å². The van der Waals surface area contributed by atoms with E-state index in [1.54, 1.807) is 10.9 Å². The Morgan fingerprint density at radius 1 is 1.33 bits per heavy atom. The molecule has 18 heavy (non-hydrogen) atoms. The molecule has 1 amide bonds. The summed E-state index contributed by atoms with van der Waals surface area (Å²) in [6.07, 6.45) is 2.72. The molecule has 4 nitrogen and oxygen atoms in total. The Morgan fingerprint density at radius 3 is 2.83 bits per heavy atom. The molecule has 92 valence electrons. The van der Waals surface area contributed by atoms with Crippen LogP contribution in [0.4, 0.5) is 5.69 Å². The van der Waals surface area contributed by atoms with E-state index in [0.717, 1.165) is 24.3 Å². The molecule has 0 spiro atoms. The summed E-state index contributed by atoms with van der Waals surface area (Å²) >= 11 is 0. The Hall–Kier alpha value is -2.10. The van der Waals surface area contributed by atoms with Crippen LogP contribution in [0.3, 0.4) is 0 Å². The number of anilines is 1. The van der Waals surface area contributed by atoms with E-state index in [0.29, 0.717) is 5.56 Å². The van der Waals surface area contributed by atoms with Gasteiger partial charge >= 0.3 is 0 Å². The lowest BCUT2D eigenvalue weighted by Crippen LogP contribution is -2.29. The monoisotopic (exact) mass is 241 g/mol. The number of nitrogens with zero attached hydrogens (tertiary/aromatic N) is 3. The van der Waals surface area contributed by atoms with Crippen molar-refractivity contribution in [3.05, 3.63) is 47.3 Å². The van der Waals surface area contributed by atoms with Crippen LogP contribution in [0.25, 0.3) is 0 Å². The maximum Gasteiger partial charge on any atom is 0.261 e.